The SMILES string of the molecule is C.c1ccc(COCc2ccccc2)cc1. The van der Waals surface area contributed by atoms with Gasteiger partial charge in [0, 0.05) is 0 Å². The van der Waals surface area contributed by atoms with Crippen molar-refractivity contribution in [2.75, 3.05) is 0 Å². The van der Waals surface area contributed by atoms with Crippen molar-refractivity contribution in [2.24, 2.45) is 0 Å². The third kappa shape index (κ3) is 3.87. The molecule has 0 amide bonds. The van der Waals surface area contributed by atoms with E-state index in [4.69, 9.17) is 4.74 Å². The van der Waals surface area contributed by atoms with Crippen molar-refractivity contribution in [3.63, 3.8) is 0 Å². The molecule has 2 aromatic carbocycles. The lowest BCUT2D eigenvalue weighted by Gasteiger charge is -2.03. The van der Waals surface area contributed by atoms with E-state index in [-0.39, 0.29) is 7.43 Å². The van der Waals surface area contributed by atoms with Gasteiger partial charge in [0.15, 0.2) is 0 Å². The van der Waals surface area contributed by atoms with Crippen LogP contribution in [-0.4, -0.2) is 0 Å². The number of rotatable bonds is 4. The average Bonchev–Trinajstić information content (AvgIpc) is 2.32. The molecule has 0 heterocycles. The first kappa shape index (κ1) is 12.5. The monoisotopic (exact) mass is 214 g/mol. The van der Waals surface area contributed by atoms with Crippen molar-refractivity contribution >= 4 is 0 Å². The molecule has 16 heavy (non-hydrogen) atoms. The molecule has 1 heteroatoms. The van der Waals surface area contributed by atoms with Gasteiger partial charge >= 0.3 is 0 Å². The average molecular weight is 214 g/mol. The van der Waals surface area contributed by atoms with Crippen LogP contribution in [0.1, 0.15) is 18.6 Å². The summed E-state index contributed by atoms with van der Waals surface area (Å²) in [5, 5.41) is 0. The van der Waals surface area contributed by atoms with Crippen LogP contribution in [0.4, 0.5) is 0 Å². The Morgan fingerprint density at radius 1 is 0.625 bits per heavy atom. The number of hydrogen-bond acceptors (Lipinski definition) is 1. The lowest BCUT2D eigenvalue weighted by molar-refractivity contribution is 0.107. The summed E-state index contributed by atoms with van der Waals surface area (Å²) in [7, 11) is 0. The first-order valence-electron chi connectivity index (χ1n) is 5.11. The zero-order chi connectivity index (χ0) is 10.3. The summed E-state index contributed by atoms with van der Waals surface area (Å²) in [6.45, 7) is 1.35. The molecule has 0 aliphatic heterocycles. The molecule has 0 atom stereocenters. The fourth-order valence-corrected chi connectivity index (χ4v) is 1.44. The summed E-state index contributed by atoms with van der Waals surface area (Å²) in [5.41, 5.74) is 2.43. The summed E-state index contributed by atoms with van der Waals surface area (Å²) in [6.07, 6.45) is 0. The lowest BCUT2D eigenvalue weighted by atomic mass is 10.2. The van der Waals surface area contributed by atoms with E-state index < -0.39 is 0 Å². The summed E-state index contributed by atoms with van der Waals surface area (Å²) in [6, 6.07) is 20.4. The molecule has 0 bridgehead atoms. The fraction of sp³-hybridized carbons (Fsp3) is 0.200. The predicted octanol–water partition coefficient (Wildman–Crippen LogP) is 4.04. The molecule has 2 aromatic rings. The Morgan fingerprint density at radius 2 is 1.00 bits per heavy atom. The predicted molar refractivity (Wildman–Crippen MR) is 68.1 cm³/mol. The molecule has 0 aromatic heterocycles. The van der Waals surface area contributed by atoms with Gasteiger partial charge in [-0.25, -0.2) is 0 Å². The second kappa shape index (κ2) is 6.81. The number of benzene rings is 2. The molecule has 1 nitrogen and oxygen atoms in total. The van der Waals surface area contributed by atoms with Crippen molar-refractivity contribution < 1.29 is 4.74 Å². The van der Waals surface area contributed by atoms with Gasteiger partial charge in [-0.1, -0.05) is 68.1 Å². The maximum Gasteiger partial charge on any atom is 0.0721 e. The second-order valence-electron chi connectivity index (χ2n) is 3.46. The molecule has 84 valence electrons. The van der Waals surface area contributed by atoms with Crippen LogP contribution in [0.15, 0.2) is 60.7 Å². The minimum absolute atomic E-state index is 0. The zero-order valence-electron chi connectivity index (χ0n) is 8.60. The van der Waals surface area contributed by atoms with Crippen LogP contribution in [0.3, 0.4) is 0 Å². The maximum atomic E-state index is 5.61. The fourth-order valence-electron chi connectivity index (χ4n) is 1.44. The van der Waals surface area contributed by atoms with Crippen molar-refractivity contribution in [1.82, 2.24) is 0 Å². The smallest absolute Gasteiger partial charge is 0.0721 e. The molecule has 0 spiro atoms. The highest BCUT2D eigenvalue weighted by Crippen LogP contribution is 2.05. The number of hydrogen-bond donors (Lipinski definition) is 0. The Bertz CT molecular complexity index is 341. The number of ether oxygens (including phenoxy) is 1. The van der Waals surface area contributed by atoms with Crippen LogP contribution in [0.2, 0.25) is 0 Å². The van der Waals surface area contributed by atoms with Crippen molar-refractivity contribution in [3.05, 3.63) is 71.8 Å². The van der Waals surface area contributed by atoms with Gasteiger partial charge in [-0.2, -0.15) is 0 Å². The first-order chi connectivity index (χ1) is 7.45. The molecule has 0 aliphatic rings. The molecule has 0 unspecified atom stereocenters. The topological polar surface area (TPSA) is 9.23 Å². The van der Waals surface area contributed by atoms with Crippen LogP contribution in [-0.2, 0) is 18.0 Å². The van der Waals surface area contributed by atoms with E-state index in [1.807, 2.05) is 36.4 Å². The highest BCUT2D eigenvalue weighted by molar-refractivity contribution is 5.15. The second-order valence-corrected chi connectivity index (χ2v) is 3.46. The van der Waals surface area contributed by atoms with Gasteiger partial charge in [0.25, 0.3) is 0 Å². The van der Waals surface area contributed by atoms with E-state index in [9.17, 15) is 0 Å². The molecule has 0 saturated heterocycles. The van der Waals surface area contributed by atoms with E-state index in [1.165, 1.54) is 11.1 Å². The maximum absolute atomic E-state index is 5.61. The van der Waals surface area contributed by atoms with Crippen LogP contribution in [0.5, 0.6) is 0 Å². The van der Waals surface area contributed by atoms with Crippen LogP contribution < -0.4 is 0 Å². The Kier molecular flexibility index (Phi) is 5.30. The van der Waals surface area contributed by atoms with Gasteiger partial charge < -0.3 is 4.74 Å². The Balaban J connectivity index is 0.00000128. The standard InChI is InChI=1S/C14H14O.CH4/c1-3-7-13(8-4-1)11-15-12-14-9-5-2-6-10-14;/h1-10H,11-12H2;1H4. The summed E-state index contributed by atoms with van der Waals surface area (Å²) in [5.74, 6) is 0. The minimum atomic E-state index is 0. The molecule has 0 radical (unpaired) electrons. The zero-order valence-corrected chi connectivity index (χ0v) is 8.60. The molecular weight excluding hydrogens is 196 g/mol. The van der Waals surface area contributed by atoms with Gasteiger partial charge in [0.2, 0.25) is 0 Å². The van der Waals surface area contributed by atoms with Gasteiger partial charge in [0.1, 0.15) is 0 Å². The minimum Gasteiger partial charge on any atom is -0.372 e. The Morgan fingerprint density at radius 3 is 1.38 bits per heavy atom. The Labute approximate surface area is 97.7 Å². The van der Waals surface area contributed by atoms with Crippen LogP contribution in [0, 0.1) is 0 Å². The van der Waals surface area contributed by atoms with E-state index >= 15 is 0 Å². The van der Waals surface area contributed by atoms with E-state index in [0.717, 1.165) is 0 Å². The van der Waals surface area contributed by atoms with Gasteiger partial charge in [-0.3, -0.25) is 0 Å². The third-order valence-electron chi connectivity index (χ3n) is 2.22. The lowest BCUT2D eigenvalue weighted by Crippen LogP contribution is -1.93. The van der Waals surface area contributed by atoms with E-state index in [2.05, 4.69) is 24.3 Å². The van der Waals surface area contributed by atoms with Crippen molar-refractivity contribution in [3.8, 4) is 0 Å². The Hall–Kier alpha value is -1.60. The van der Waals surface area contributed by atoms with Crippen molar-refractivity contribution in [2.45, 2.75) is 20.6 Å². The van der Waals surface area contributed by atoms with Crippen LogP contribution in [0.25, 0.3) is 0 Å². The molecule has 2 rings (SSSR count). The van der Waals surface area contributed by atoms with Crippen LogP contribution >= 0.6 is 0 Å². The highest BCUT2D eigenvalue weighted by Gasteiger charge is 1.93. The normalized spacial score (nSPS) is 9.50. The molecular formula is C15H18O. The summed E-state index contributed by atoms with van der Waals surface area (Å²) < 4.78 is 5.61. The van der Waals surface area contributed by atoms with Gasteiger partial charge in [-0.05, 0) is 11.1 Å². The summed E-state index contributed by atoms with van der Waals surface area (Å²) in [4.78, 5) is 0. The van der Waals surface area contributed by atoms with E-state index in [1.54, 1.807) is 0 Å². The van der Waals surface area contributed by atoms with E-state index in [0.29, 0.717) is 13.2 Å². The molecule has 0 N–H and O–H groups in total. The molecule has 0 fully saturated rings. The molecule has 0 aliphatic carbocycles. The highest BCUT2D eigenvalue weighted by atomic mass is 16.5. The van der Waals surface area contributed by atoms with Crippen molar-refractivity contribution in [1.29, 1.82) is 0 Å². The van der Waals surface area contributed by atoms with Gasteiger partial charge in [-0.15, -0.1) is 0 Å². The first-order valence-corrected chi connectivity index (χ1v) is 5.11. The van der Waals surface area contributed by atoms with Gasteiger partial charge in [0.05, 0.1) is 13.2 Å². The largest absolute Gasteiger partial charge is 0.372 e. The molecule has 0 saturated carbocycles. The third-order valence-corrected chi connectivity index (χ3v) is 2.22. The quantitative estimate of drug-likeness (QED) is 0.746. The summed E-state index contributed by atoms with van der Waals surface area (Å²) >= 11 is 0.